The third-order valence-electron chi connectivity index (χ3n) is 5.28. The fourth-order valence-corrected chi connectivity index (χ4v) is 3.77. The van der Waals surface area contributed by atoms with Crippen LogP contribution in [0, 0.1) is 6.92 Å². The maximum atomic E-state index is 4.74. The van der Waals surface area contributed by atoms with E-state index in [0.29, 0.717) is 6.04 Å². The Kier molecular flexibility index (Phi) is 7.35. The number of pyridine rings is 1. The zero-order valence-corrected chi connectivity index (χ0v) is 19.3. The van der Waals surface area contributed by atoms with Crippen LogP contribution in [0.25, 0.3) is 5.65 Å². The van der Waals surface area contributed by atoms with Gasteiger partial charge in [-0.25, -0.2) is 4.98 Å². The van der Waals surface area contributed by atoms with Gasteiger partial charge in [0.2, 0.25) is 0 Å². The number of fused-ring (bicyclic) bond motifs is 1. The van der Waals surface area contributed by atoms with E-state index >= 15 is 0 Å². The number of aliphatic imine (C=N–C) groups is 1. The first-order valence-corrected chi connectivity index (χ1v) is 9.93. The minimum atomic E-state index is 0. The van der Waals surface area contributed by atoms with Gasteiger partial charge in [0.1, 0.15) is 5.65 Å². The fraction of sp³-hybridized carbons (Fsp3) is 0.364. The molecule has 4 rings (SSSR count). The molecule has 154 valence electrons. The molecule has 6 nitrogen and oxygen atoms in total. The second kappa shape index (κ2) is 9.96. The van der Waals surface area contributed by atoms with E-state index in [-0.39, 0.29) is 24.0 Å². The van der Waals surface area contributed by atoms with Crippen molar-refractivity contribution in [1.29, 1.82) is 0 Å². The summed E-state index contributed by atoms with van der Waals surface area (Å²) < 4.78 is 2.09. The summed E-state index contributed by atoms with van der Waals surface area (Å²) in [5, 5.41) is 6.99. The number of nitrogens with zero attached hydrogens (tertiary/aromatic N) is 4. The van der Waals surface area contributed by atoms with Gasteiger partial charge in [0, 0.05) is 57.2 Å². The Morgan fingerprint density at radius 3 is 2.79 bits per heavy atom. The second-order valence-corrected chi connectivity index (χ2v) is 7.31. The van der Waals surface area contributed by atoms with Gasteiger partial charge in [-0.15, -0.1) is 24.0 Å². The first-order chi connectivity index (χ1) is 13.7. The van der Waals surface area contributed by atoms with Crippen molar-refractivity contribution >= 4 is 41.3 Å². The van der Waals surface area contributed by atoms with E-state index in [1.807, 2.05) is 13.2 Å². The van der Waals surface area contributed by atoms with E-state index in [1.165, 1.54) is 11.3 Å². The molecule has 0 spiro atoms. The molecule has 0 amide bonds. The van der Waals surface area contributed by atoms with Crippen LogP contribution in [0.3, 0.4) is 0 Å². The summed E-state index contributed by atoms with van der Waals surface area (Å²) in [6, 6.07) is 15.1. The highest BCUT2D eigenvalue weighted by atomic mass is 127. The lowest BCUT2D eigenvalue weighted by molar-refractivity contribution is 0.648. The molecular formula is C22H29IN6. The number of aryl methyl sites for hydroxylation is 1. The lowest BCUT2D eigenvalue weighted by Gasteiger charge is -2.20. The minimum Gasteiger partial charge on any atom is -0.369 e. The summed E-state index contributed by atoms with van der Waals surface area (Å²) in [6.07, 6.45) is 6.13. The molecule has 3 aromatic rings. The fourth-order valence-electron chi connectivity index (χ4n) is 3.77. The molecule has 3 heterocycles. The quantitative estimate of drug-likeness (QED) is 0.318. The third kappa shape index (κ3) is 5.20. The van der Waals surface area contributed by atoms with Gasteiger partial charge in [-0.2, -0.15) is 0 Å². The molecule has 1 fully saturated rings. The Labute approximate surface area is 189 Å². The van der Waals surface area contributed by atoms with Gasteiger partial charge >= 0.3 is 0 Å². The lowest BCUT2D eigenvalue weighted by atomic mass is 10.2. The van der Waals surface area contributed by atoms with Crippen molar-refractivity contribution in [3.05, 3.63) is 66.1 Å². The standard InChI is InChI=1S/C22H28N6.HI/c1-17-7-6-13-28-16-18(25-21(17)28)10-12-24-22(23-2)26-19-11-14-27(15-19)20-8-4-3-5-9-20;/h3-9,13,16,19H,10-12,14-15H2,1-2H3,(H2,23,24,26);1H. The van der Waals surface area contributed by atoms with Gasteiger partial charge < -0.3 is 19.9 Å². The van der Waals surface area contributed by atoms with E-state index in [9.17, 15) is 0 Å². The number of imidazole rings is 1. The smallest absolute Gasteiger partial charge is 0.191 e. The average Bonchev–Trinajstić information content (AvgIpc) is 3.35. The average molecular weight is 504 g/mol. The maximum Gasteiger partial charge on any atom is 0.191 e. The number of anilines is 1. The predicted octanol–water partition coefficient (Wildman–Crippen LogP) is 3.25. The first-order valence-electron chi connectivity index (χ1n) is 9.93. The van der Waals surface area contributed by atoms with E-state index in [1.54, 1.807) is 0 Å². The van der Waals surface area contributed by atoms with E-state index in [0.717, 1.165) is 49.8 Å². The van der Waals surface area contributed by atoms with Crippen LogP contribution in [0.5, 0.6) is 0 Å². The Balaban J connectivity index is 0.00000240. The van der Waals surface area contributed by atoms with Crippen LogP contribution in [0.2, 0.25) is 0 Å². The summed E-state index contributed by atoms with van der Waals surface area (Å²) in [5.74, 6) is 0.861. The highest BCUT2D eigenvalue weighted by Gasteiger charge is 2.23. The summed E-state index contributed by atoms with van der Waals surface area (Å²) in [5.41, 5.74) is 4.61. The van der Waals surface area contributed by atoms with Crippen molar-refractivity contribution in [2.75, 3.05) is 31.6 Å². The van der Waals surface area contributed by atoms with Crippen molar-refractivity contribution in [3.8, 4) is 0 Å². The Morgan fingerprint density at radius 1 is 1.21 bits per heavy atom. The van der Waals surface area contributed by atoms with Crippen molar-refractivity contribution < 1.29 is 0 Å². The van der Waals surface area contributed by atoms with Gasteiger partial charge in [-0.05, 0) is 37.1 Å². The highest BCUT2D eigenvalue weighted by Crippen LogP contribution is 2.19. The maximum absolute atomic E-state index is 4.74. The second-order valence-electron chi connectivity index (χ2n) is 7.31. The molecule has 2 N–H and O–H groups in total. The zero-order chi connectivity index (χ0) is 19.3. The van der Waals surface area contributed by atoms with Gasteiger partial charge in [0.05, 0.1) is 5.69 Å². The largest absolute Gasteiger partial charge is 0.369 e. The summed E-state index contributed by atoms with van der Waals surface area (Å²) >= 11 is 0. The number of para-hydroxylation sites is 1. The molecule has 7 heteroatoms. The Hall–Kier alpha value is -2.29. The number of hydrogen-bond donors (Lipinski definition) is 2. The van der Waals surface area contributed by atoms with Gasteiger partial charge in [0.25, 0.3) is 0 Å². The number of guanidine groups is 1. The number of hydrogen-bond acceptors (Lipinski definition) is 3. The molecule has 1 aliphatic rings. The van der Waals surface area contributed by atoms with E-state index in [4.69, 9.17) is 4.98 Å². The van der Waals surface area contributed by atoms with Crippen molar-refractivity contribution in [2.24, 2.45) is 4.99 Å². The van der Waals surface area contributed by atoms with Crippen LogP contribution in [0.1, 0.15) is 17.7 Å². The SMILES string of the molecule is CN=C(NCCc1cn2cccc(C)c2n1)NC1CCN(c2ccccc2)C1.I. The predicted molar refractivity (Wildman–Crippen MR) is 131 cm³/mol. The molecule has 1 saturated heterocycles. The van der Waals surface area contributed by atoms with Crippen LogP contribution < -0.4 is 15.5 Å². The first kappa shape index (κ1) is 21.4. The van der Waals surface area contributed by atoms with Crippen molar-refractivity contribution in [2.45, 2.75) is 25.8 Å². The summed E-state index contributed by atoms with van der Waals surface area (Å²) in [4.78, 5) is 11.5. The van der Waals surface area contributed by atoms with Crippen LogP contribution in [-0.4, -0.2) is 48.1 Å². The molecule has 0 radical (unpaired) electrons. The highest BCUT2D eigenvalue weighted by molar-refractivity contribution is 14.0. The van der Waals surface area contributed by atoms with Crippen LogP contribution in [0.15, 0.2) is 59.9 Å². The number of benzene rings is 1. The monoisotopic (exact) mass is 504 g/mol. The molecule has 2 aromatic heterocycles. The zero-order valence-electron chi connectivity index (χ0n) is 17.0. The Bertz CT molecular complexity index is 952. The molecule has 0 aliphatic carbocycles. The van der Waals surface area contributed by atoms with Crippen molar-refractivity contribution in [3.63, 3.8) is 0 Å². The van der Waals surface area contributed by atoms with Gasteiger partial charge in [0.15, 0.2) is 5.96 Å². The number of halogens is 1. The summed E-state index contributed by atoms with van der Waals surface area (Å²) in [6.45, 7) is 4.96. The van der Waals surface area contributed by atoms with E-state index < -0.39 is 0 Å². The number of rotatable bonds is 5. The van der Waals surface area contributed by atoms with Crippen molar-refractivity contribution in [1.82, 2.24) is 20.0 Å². The lowest BCUT2D eigenvalue weighted by Crippen LogP contribution is -2.45. The van der Waals surface area contributed by atoms with Gasteiger partial charge in [-0.3, -0.25) is 4.99 Å². The number of aromatic nitrogens is 2. The molecule has 0 saturated carbocycles. The van der Waals surface area contributed by atoms with Crippen LogP contribution in [0.4, 0.5) is 5.69 Å². The molecule has 1 aliphatic heterocycles. The minimum absolute atomic E-state index is 0. The molecular weight excluding hydrogens is 475 g/mol. The molecule has 0 bridgehead atoms. The molecule has 1 aromatic carbocycles. The Morgan fingerprint density at radius 2 is 2.03 bits per heavy atom. The van der Waals surface area contributed by atoms with E-state index in [2.05, 4.69) is 80.5 Å². The van der Waals surface area contributed by atoms with Crippen LogP contribution in [-0.2, 0) is 6.42 Å². The molecule has 1 unspecified atom stereocenters. The normalized spacial score (nSPS) is 16.7. The molecule has 29 heavy (non-hydrogen) atoms. The molecule has 1 atom stereocenters. The summed E-state index contributed by atoms with van der Waals surface area (Å²) in [7, 11) is 1.83. The topological polar surface area (TPSA) is 57.0 Å². The third-order valence-corrected chi connectivity index (χ3v) is 5.28. The van der Waals surface area contributed by atoms with Crippen LogP contribution >= 0.6 is 24.0 Å². The number of nitrogens with one attached hydrogen (secondary N) is 2. The van der Waals surface area contributed by atoms with Gasteiger partial charge in [-0.1, -0.05) is 24.3 Å².